The second-order valence-corrected chi connectivity index (χ2v) is 11.0. The van der Waals surface area contributed by atoms with Gasteiger partial charge in [0, 0.05) is 29.9 Å². The molecule has 1 heterocycles. The number of aliphatic imine (C=N–C) groups is 1. The van der Waals surface area contributed by atoms with E-state index in [9.17, 15) is 19.8 Å². The molecule has 0 aromatic heterocycles. The Morgan fingerprint density at radius 3 is 2.47 bits per heavy atom. The number of nitrogens with one attached hydrogen (secondary N) is 1. The molecule has 232 valence electrons. The van der Waals surface area contributed by atoms with Crippen LogP contribution in [0, 0.1) is 0 Å². The van der Waals surface area contributed by atoms with Gasteiger partial charge in [0.2, 0.25) is 5.90 Å². The quantitative estimate of drug-likeness (QED) is 0.0790. The summed E-state index contributed by atoms with van der Waals surface area (Å²) in [6, 6.07) is 12.8. The zero-order chi connectivity index (χ0) is 31.5. The number of esters is 1. The van der Waals surface area contributed by atoms with E-state index in [0.717, 1.165) is 0 Å². The molecule has 2 aromatic carbocycles. The normalized spacial score (nSPS) is 17.9. The Labute approximate surface area is 250 Å². The lowest BCUT2D eigenvalue weighted by atomic mass is 9.81. The SMILES string of the molecule is CC(C)(C)OC(=O)CC[C@@]1(C(=O)NC(CO)CO)N=C(c2ccc(OCCCO)cc2)O[C@@H]1c1ccccc1CN=[N+]=[N-]. The molecule has 43 heavy (non-hydrogen) atoms. The van der Waals surface area contributed by atoms with Crippen molar-refractivity contribution >= 4 is 17.8 Å². The van der Waals surface area contributed by atoms with Crippen LogP contribution in [-0.2, 0) is 25.6 Å². The number of amides is 1. The Kier molecular flexibility index (Phi) is 11.9. The molecule has 2 atom stereocenters. The topological polar surface area (TPSA) is 196 Å². The number of aliphatic hydroxyl groups is 3. The largest absolute Gasteiger partial charge is 0.494 e. The number of ether oxygens (including phenoxy) is 3. The average Bonchev–Trinajstić information content (AvgIpc) is 3.38. The predicted octanol–water partition coefficient (Wildman–Crippen LogP) is 3.11. The zero-order valence-corrected chi connectivity index (χ0v) is 24.6. The summed E-state index contributed by atoms with van der Waals surface area (Å²) in [7, 11) is 0. The molecule has 1 aliphatic rings. The highest BCUT2D eigenvalue weighted by Gasteiger charge is 2.54. The van der Waals surface area contributed by atoms with Crippen LogP contribution in [0.5, 0.6) is 5.75 Å². The number of hydrogen-bond acceptors (Lipinski definition) is 10. The van der Waals surface area contributed by atoms with Gasteiger partial charge in [-0.05, 0) is 68.1 Å². The summed E-state index contributed by atoms with van der Waals surface area (Å²) in [6.45, 7) is 4.47. The van der Waals surface area contributed by atoms with E-state index in [0.29, 0.717) is 35.5 Å². The fourth-order valence-corrected chi connectivity index (χ4v) is 4.53. The first-order valence-corrected chi connectivity index (χ1v) is 14.0. The Balaban J connectivity index is 2.12. The van der Waals surface area contributed by atoms with E-state index in [4.69, 9.17) is 29.8 Å². The number of azide groups is 1. The van der Waals surface area contributed by atoms with Crippen LogP contribution in [0.2, 0.25) is 0 Å². The number of nitrogens with zero attached hydrogens (tertiary/aromatic N) is 4. The maximum atomic E-state index is 14.1. The molecule has 0 aliphatic carbocycles. The van der Waals surface area contributed by atoms with Gasteiger partial charge in [0.15, 0.2) is 11.6 Å². The van der Waals surface area contributed by atoms with Crippen molar-refractivity contribution in [2.45, 2.75) is 69.9 Å². The van der Waals surface area contributed by atoms with Crippen LogP contribution in [-0.4, -0.2) is 76.7 Å². The van der Waals surface area contributed by atoms with Gasteiger partial charge in [-0.3, -0.25) is 9.59 Å². The van der Waals surface area contributed by atoms with Crippen molar-refractivity contribution in [1.29, 1.82) is 0 Å². The Morgan fingerprint density at radius 2 is 1.84 bits per heavy atom. The third kappa shape index (κ3) is 8.91. The van der Waals surface area contributed by atoms with Gasteiger partial charge in [-0.25, -0.2) is 4.99 Å². The first kappa shape index (κ1) is 33.3. The summed E-state index contributed by atoms with van der Waals surface area (Å²) < 4.78 is 17.5. The van der Waals surface area contributed by atoms with Crippen LogP contribution in [0.15, 0.2) is 58.6 Å². The van der Waals surface area contributed by atoms with Gasteiger partial charge in [0.05, 0.1) is 32.4 Å². The van der Waals surface area contributed by atoms with E-state index >= 15 is 0 Å². The number of rotatable bonds is 15. The molecule has 0 unspecified atom stereocenters. The van der Waals surface area contributed by atoms with Crippen molar-refractivity contribution in [3.8, 4) is 5.75 Å². The van der Waals surface area contributed by atoms with Crippen LogP contribution < -0.4 is 10.1 Å². The molecule has 0 bridgehead atoms. The van der Waals surface area contributed by atoms with E-state index in [1.165, 1.54) is 0 Å². The van der Waals surface area contributed by atoms with E-state index in [2.05, 4.69) is 15.3 Å². The molecule has 2 aromatic rings. The first-order chi connectivity index (χ1) is 20.6. The lowest BCUT2D eigenvalue weighted by Crippen LogP contribution is -2.53. The monoisotopic (exact) mass is 597 g/mol. The summed E-state index contributed by atoms with van der Waals surface area (Å²) in [5.74, 6) is -0.537. The highest BCUT2D eigenvalue weighted by molar-refractivity contribution is 6.01. The van der Waals surface area contributed by atoms with Crippen LogP contribution in [0.4, 0.5) is 0 Å². The second-order valence-electron chi connectivity index (χ2n) is 11.0. The van der Waals surface area contributed by atoms with Crippen molar-refractivity contribution < 1.29 is 39.1 Å². The maximum absolute atomic E-state index is 14.1. The highest BCUT2D eigenvalue weighted by Crippen LogP contribution is 2.44. The summed E-state index contributed by atoms with van der Waals surface area (Å²) in [5, 5.41) is 34.8. The molecule has 1 amide bonds. The van der Waals surface area contributed by atoms with E-state index < -0.39 is 48.4 Å². The van der Waals surface area contributed by atoms with E-state index in [1.54, 1.807) is 69.3 Å². The fourth-order valence-electron chi connectivity index (χ4n) is 4.53. The lowest BCUT2D eigenvalue weighted by Gasteiger charge is -2.32. The molecule has 0 fully saturated rings. The lowest BCUT2D eigenvalue weighted by molar-refractivity contribution is -0.155. The minimum Gasteiger partial charge on any atom is -0.494 e. The summed E-state index contributed by atoms with van der Waals surface area (Å²) in [5.41, 5.74) is 8.10. The van der Waals surface area contributed by atoms with Crippen LogP contribution in [0.1, 0.15) is 62.8 Å². The molecular weight excluding hydrogens is 558 g/mol. The molecule has 0 saturated heterocycles. The van der Waals surface area contributed by atoms with Gasteiger partial charge in [-0.15, -0.1) is 0 Å². The third-order valence-corrected chi connectivity index (χ3v) is 6.58. The average molecular weight is 598 g/mol. The van der Waals surface area contributed by atoms with Gasteiger partial charge in [-0.1, -0.05) is 29.4 Å². The van der Waals surface area contributed by atoms with E-state index in [1.807, 2.05) is 0 Å². The third-order valence-electron chi connectivity index (χ3n) is 6.58. The summed E-state index contributed by atoms with van der Waals surface area (Å²) >= 11 is 0. The summed E-state index contributed by atoms with van der Waals surface area (Å²) in [6.07, 6.45) is -0.926. The number of aliphatic hydroxyl groups excluding tert-OH is 3. The Morgan fingerprint density at radius 1 is 1.14 bits per heavy atom. The Hall–Kier alpha value is -4.16. The number of carbonyl (C=O) groups is 2. The molecule has 1 aliphatic heterocycles. The molecule has 13 nitrogen and oxygen atoms in total. The van der Waals surface area contributed by atoms with Crippen molar-refractivity contribution in [2.75, 3.05) is 26.4 Å². The van der Waals surface area contributed by atoms with Crippen LogP contribution >= 0.6 is 0 Å². The number of benzene rings is 2. The van der Waals surface area contributed by atoms with Gasteiger partial charge < -0.3 is 34.8 Å². The minimum absolute atomic E-state index is 0.00608. The predicted molar refractivity (Wildman–Crippen MR) is 157 cm³/mol. The first-order valence-electron chi connectivity index (χ1n) is 14.0. The van der Waals surface area contributed by atoms with Gasteiger partial charge in [0.25, 0.3) is 5.91 Å². The van der Waals surface area contributed by atoms with Crippen molar-refractivity contribution in [3.63, 3.8) is 0 Å². The summed E-state index contributed by atoms with van der Waals surface area (Å²) in [4.78, 5) is 34.6. The van der Waals surface area contributed by atoms with Crippen molar-refractivity contribution in [3.05, 3.63) is 75.7 Å². The van der Waals surface area contributed by atoms with E-state index in [-0.39, 0.29) is 31.9 Å². The highest BCUT2D eigenvalue weighted by atomic mass is 16.6. The molecule has 0 radical (unpaired) electrons. The van der Waals surface area contributed by atoms with Crippen LogP contribution in [0.3, 0.4) is 0 Å². The van der Waals surface area contributed by atoms with Crippen LogP contribution in [0.25, 0.3) is 10.4 Å². The molecule has 4 N–H and O–H groups in total. The van der Waals surface area contributed by atoms with Crippen molar-refractivity contribution in [2.24, 2.45) is 10.1 Å². The molecular formula is C30H39N5O8. The fraction of sp³-hybridized carbons (Fsp3) is 0.500. The maximum Gasteiger partial charge on any atom is 0.306 e. The minimum atomic E-state index is -1.74. The number of hydrogen-bond donors (Lipinski definition) is 4. The standard InChI is InChI=1S/C30H39N5O8/c1-29(2,3)43-25(39)13-14-30(28(40)33-22(18-37)19-38)26(24-8-5-4-7-21(24)17-32-35-31)42-27(34-30)20-9-11-23(12-10-20)41-16-6-15-36/h4-5,7-12,22,26,36-38H,6,13-19H2,1-3H3,(H,33,40)/t26-,30-/m1/s1. The smallest absolute Gasteiger partial charge is 0.306 e. The zero-order valence-electron chi connectivity index (χ0n) is 24.6. The molecule has 0 spiro atoms. The molecule has 0 saturated carbocycles. The molecule has 3 rings (SSSR count). The van der Waals surface area contributed by atoms with Gasteiger partial charge in [-0.2, -0.15) is 0 Å². The van der Waals surface area contributed by atoms with Gasteiger partial charge in [0.1, 0.15) is 11.4 Å². The second kappa shape index (κ2) is 15.4. The molecule has 13 heteroatoms. The van der Waals surface area contributed by atoms with Crippen molar-refractivity contribution in [1.82, 2.24) is 5.32 Å². The van der Waals surface area contributed by atoms with Gasteiger partial charge >= 0.3 is 5.97 Å². The number of carbonyl (C=O) groups excluding carboxylic acids is 2. The Bertz CT molecular complexity index is 1320.